The number of hydrogen-bond donors (Lipinski definition) is 1. The molecule has 0 radical (unpaired) electrons. The summed E-state index contributed by atoms with van der Waals surface area (Å²) in [4.78, 5) is 25.8. The van der Waals surface area contributed by atoms with Crippen molar-refractivity contribution in [2.24, 2.45) is 0 Å². The van der Waals surface area contributed by atoms with Gasteiger partial charge in [-0.05, 0) is 38.5 Å². The number of benzene rings is 1. The lowest BCUT2D eigenvalue weighted by atomic mass is 9.97. The van der Waals surface area contributed by atoms with Crippen LogP contribution >= 0.6 is 15.9 Å². The summed E-state index contributed by atoms with van der Waals surface area (Å²) in [6.45, 7) is 5.29. The molecule has 2 rings (SSSR count). The van der Waals surface area contributed by atoms with Crippen molar-refractivity contribution >= 4 is 27.7 Å². The minimum Gasteiger partial charge on any atom is -0.340 e. The molecular formula is C14H16BrFN2O2. The van der Waals surface area contributed by atoms with Crippen LogP contribution in [0.4, 0.5) is 4.39 Å². The van der Waals surface area contributed by atoms with Crippen LogP contribution in [0.1, 0.15) is 26.3 Å². The molecule has 0 aromatic heterocycles. The first-order valence-corrected chi connectivity index (χ1v) is 7.08. The first-order valence-electron chi connectivity index (χ1n) is 6.29. The lowest BCUT2D eigenvalue weighted by Crippen LogP contribution is -2.66. The summed E-state index contributed by atoms with van der Waals surface area (Å²) >= 11 is 3.28. The highest BCUT2D eigenvalue weighted by Crippen LogP contribution is 2.24. The Morgan fingerprint density at radius 1 is 1.40 bits per heavy atom. The molecular weight excluding hydrogens is 327 g/mol. The van der Waals surface area contributed by atoms with E-state index in [0.29, 0.717) is 4.47 Å². The fourth-order valence-corrected chi connectivity index (χ4v) is 2.66. The molecule has 1 aromatic carbocycles. The van der Waals surface area contributed by atoms with Gasteiger partial charge in [0.15, 0.2) is 0 Å². The van der Waals surface area contributed by atoms with E-state index in [-0.39, 0.29) is 24.2 Å². The summed E-state index contributed by atoms with van der Waals surface area (Å²) in [7, 11) is 0. The van der Waals surface area contributed by atoms with E-state index in [1.165, 1.54) is 17.0 Å². The van der Waals surface area contributed by atoms with E-state index in [1.807, 2.05) is 0 Å². The lowest BCUT2D eigenvalue weighted by molar-refractivity contribution is -0.153. The smallest absolute Gasteiger partial charge is 0.248 e. The number of amides is 2. The first-order chi connectivity index (χ1) is 9.22. The highest BCUT2D eigenvalue weighted by molar-refractivity contribution is 9.10. The predicted octanol–water partition coefficient (Wildman–Crippen LogP) is 2.21. The molecule has 20 heavy (non-hydrogen) atoms. The molecule has 1 N–H and O–H groups in total. The summed E-state index contributed by atoms with van der Waals surface area (Å²) in [5.74, 6) is -0.689. The average molecular weight is 343 g/mol. The quantitative estimate of drug-likeness (QED) is 0.895. The van der Waals surface area contributed by atoms with Gasteiger partial charge in [0.05, 0.1) is 0 Å². The van der Waals surface area contributed by atoms with Gasteiger partial charge in [0.2, 0.25) is 11.8 Å². The molecule has 0 bridgehead atoms. The second kappa shape index (κ2) is 5.16. The fourth-order valence-electron chi connectivity index (χ4n) is 2.18. The summed E-state index contributed by atoms with van der Waals surface area (Å²) in [6.07, 6.45) is 0. The normalized spacial score (nSPS) is 21.9. The van der Waals surface area contributed by atoms with E-state index in [4.69, 9.17) is 0 Å². The third kappa shape index (κ3) is 2.70. The maximum Gasteiger partial charge on any atom is 0.248 e. The van der Waals surface area contributed by atoms with Crippen LogP contribution in [0.15, 0.2) is 22.7 Å². The Labute approximate surface area is 125 Å². The number of nitrogens with zero attached hydrogens (tertiary/aromatic N) is 1. The molecule has 0 aliphatic carbocycles. The molecule has 1 aliphatic heterocycles. The standard InChI is InChI=1S/C14H16BrFN2O2/c1-8-12(19)17-14(2,3)13(20)18(8)7-9-4-5-10(16)6-11(9)15/h4-6,8H,7H2,1-3H3,(H,17,19). The van der Waals surface area contributed by atoms with Crippen LogP contribution in [-0.2, 0) is 16.1 Å². The molecule has 1 saturated heterocycles. The van der Waals surface area contributed by atoms with Crippen LogP contribution in [0.3, 0.4) is 0 Å². The van der Waals surface area contributed by atoms with Crippen molar-refractivity contribution in [2.45, 2.75) is 38.9 Å². The molecule has 108 valence electrons. The summed E-state index contributed by atoms with van der Waals surface area (Å²) in [6, 6.07) is 3.75. The van der Waals surface area contributed by atoms with Gasteiger partial charge >= 0.3 is 0 Å². The van der Waals surface area contributed by atoms with E-state index >= 15 is 0 Å². The molecule has 1 unspecified atom stereocenters. The van der Waals surface area contributed by atoms with Crippen LogP contribution < -0.4 is 5.32 Å². The number of nitrogens with one attached hydrogen (secondary N) is 1. The van der Waals surface area contributed by atoms with Crippen molar-refractivity contribution in [3.8, 4) is 0 Å². The number of carbonyl (C=O) groups is 2. The predicted molar refractivity (Wildman–Crippen MR) is 76.3 cm³/mol. The monoisotopic (exact) mass is 342 g/mol. The fraction of sp³-hybridized carbons (Fsp3) is 0.429. The molecule has 1 heterocycles. The van der Waals surface area contributed by atoms with Crippen LogP contribution in [0.25, 0.3) is 0 Å². The maximum absolute atomic E-state index is 13.1. The topological polar surface area (TPSA) is 49.4 Å². The Morgan fingerprint density at radius 2 is 2.05 bits per heavy atom. The van der Waals surface area contributed by atoms with Crippen molar-refractivity contribution < 1.29 is 14.0 Å². The van der Waals surface area contributed by atoms with Gasteiger partial charge in [0, 0.05) is 11.0 Å². The summed E-state index contributed by atoms with van der Waals surface area (Å²) < 4.78 is 13.7. The van der Waals surface area contributed by atoms with E-state index in [1.54, 1.807) is 26.8 Å². The third-order valence-electron chi connectivity index (χ3n) is 3.43. The van der Waals surface area contributed by atoms with Crippen molar-refractivity contribution in [3.05, 3.63) is 34.1 Å². The number of piperazine rings is 1. The zero-order valence-corrected chi connectivity index (χ0v) is 13.1. The van der Waals surface area contributed by atoms with Gasteiger partial charge < -0.3 is 10.2 Å². The van der Waals surface area contributed by atoms with Crippen molar-refractivity contribution in [1.29, 1.82) is 0 Å². The third-order valence-corrected chi connectivity index (χ3v) is 4.17. The zero-order valence-electron chi connectivity index (χ0n) is 11.5. The van der Waals surface area contributed by atoms with E-state index < -0.39 is 11.6 Å². The molecule has 1 fully saturated rings. The van der Waals surface area contributed by atoms with Gasteiger partial charge in [-0.2, -0.15) is 0 Å². The SMILES string of the molecule is CC1C(=O)NC(C)(C)C(=O)N1Cc1ccc(F)cc1Br. The molecule has 1 aliphatic rings. The molecule has 1 atom stereocenters. The molecule has 0 saturated carbocycles. The second-order valence-electron chi connectivity index (χ2n) is 5.46. The van der Waals surface area contributed by atoms with E-state index in [2.05, 4.69) is 21.2 Å². The first kappa shape index (κ1) is 15.0. The molecule has 6 heteroatoms. The van der Waals surface area contributed by atoms with Crippen molar-refractivity contribution in [1.82, 2.24) is 10.2 Å². The molecule has 0 spiro atoms. The maximum atomic E-state index is 13.1. The van der Waals surface area contributed by atoms with E-state index in [0.717, 1.165) is 5.56 Å². The highest BCUT2D eigenvalue weighted by atomic mass is 79.9. The van der Waals surface area contributed by atoms with Gasteiger partial charge in [-0.25, -0.2) is 4.39 Å². The van der Waals surface area contributed by atoms with Crippen molar-refractivity contribution in [2.75, 3.05) is 0 Å². The van der Waals surface area contributed by atoms with Crippen LogP contribution in [0.2, 0.25) is 0 Å². The minimum atomic E-state index is -0.921. The lowest BCUT2D eigenvalue weighted by Gasteiger charge is -2.41. The Morgan fingerprint density at radius 3 is 2.65 bits per heavy atom. The van der Waals surface area contributed by atoms with Gasteiger partial charge in [0.1, 0.15) is 17.4 Å². The number of rotatable bonds is 2. The number of carbonyl (C=O) groups excluding carboxylic acids is 2. The van der Waals surface area contributed by atoms with Gasteiger partial charge in [-0.3, -0.25) is 9.59 Å². The Hall–Kier alpha value is -1.43. The largest absolute Gasteiger partial charge is 0.340 e. The molecule has 4 nitrogen and oxygen atoms in total. The second-order valence-corrected chi connectivity index (χ2v) is 6.31. The minimum absolute atomic E-state index is 0.152. The zero-order chi connectivity index (χ0) is 15.1. The Kier molecular flexibility index (Phi) is 3.86. The average Bonchev–Trinajstić information content (AvgIpc) is 2.34. The molecule has 2 amide bonds. The highest BCUT2D eigenvalue weighted by Gasteiger charge is 2.43. The Bertz CT molecular complexity index is 574. The van der Waals surface area contributed by atoms with Crippen LogP contribution in [0, 0.1) is 5.82 Å². The number of halogens is 2. The van der Waals surface area contributed by atoms with Crippen LogP contribution in [-0.4, -0.2) is 28.3 Å². The Balaban J connectivity index is 2.30. The number of hydrogen-bond acceptors (Lipinski definition) is 2. The van der Waals surface area contributed by atoms with Crippen LogP contribution in [0.5, 0.6) is 0 Å². The van der Waals surface area contributed by atoms with Gasteiger partial charge in [-0.15, -0.1) is 0 Å². The van der Waals surface area contributed by atoms with Gasteiger partial charge in [-0.1, -0.05) is 22.0 Å². The van der Waals surface area contributed by atoms with Gasteiger partial charge in [0.25, 0.3) is 0 Å². The summed E-state index contributed by atoms with van der Waals surface area (Å²) in [5.41, 5.74) is -0.159. The molecule has 1 aromatic rings. The summed E-state index contributed by atoms with van der Waals surface area (Å²) in [5, 5.41) is 2.69. The van der Waals surface area contributed by atoms with Crippen molar-refractivity contribution in [3.63, 3.8) is 0 Å². The van der Waals surface area contributed by atoms with E-state index in [9.17, 15) is 14.0 Å².